The van der Waals surface area contributed by atoms with Crippen LogP contribution in [0.1, 0.15) is 11.3 Å². The molecule has 19 heavy (non-hydrogen) atoms. The molecule has 3 aromatic rings. The van der Waals surface area contributed by atoms with E-state index in [1.165, 1.54) is 6.33 Å². The Bertz CT molecular complexity index is 816. The first-order valence-corrected chi connectivity index (χ1v) is 5.93. The van der Waals surface area contributed by atoms with Crippen LogP contribution in [0.3, 0.4) is 0 Å². The number of rotatable bonds is 1. The van der Waals surface area contributed by atoms with Crippen molar-refractivity contribution in [2.24, 2.45) is 0 Å². The molecule has 0 fully saturated rings. The fourth-order valence-electron chi connectivity index (χ4n) is 1.97. The average molecular weight is 270 g/mol. The average Bonchev–Trinajstić information content (AvgIpc) is 2.85. The van der Waals surface area contributed by atoms with E-state index in [2.05, 4.69) is 15.1 Å². The molecular weight excluding hydrogens is 262 g/mol. The Morgan fingerprint density at radius 1 is 1.26 bits per heavy atom. The molecule has 0 bridgehead atoms. The van der Waals surface area contributed by atoms with Crippen molar-refractivity contribution < 1.29 is 0 Å². The Hall–Kier alpha value is -2.45. The van der Waals surface area contributed by atoms with Gasteiger partial charge in [-0.2, -0.15) is 10.4 Å². The lowest BCUT2D eigenvalue weighted by Gasteiger charge is -2.08. The maximum Gasteiger partial charge on any atom is 0.157 e. The highest BCUT2D eigenvalue weighted by Crippen LogP contribution is 2.26. The summed E-state index contributed by atoms with van der Waals surface area (Å²) < 4.78 is 1.70. The largest absolute Gasteiger partial charge is 0.245 e. The lowest BCUT2D eigenvalue weighted by Crippen LogP contribution is -1.97. The predicted octanol–water partition coefficient (Wildman–Crippen LogP) is 2.62. The molecule has 5 nitrogen and oxygen atoms in total. The number of aryl methyl sites for hydroxylation is 1. The number of fused-ring (bicyclic) bond motifs is 1. The molecule has 0 atom stereocenters. The van der Waals surface area contributed by atoms with Gasteiger partial charge in [-0.25, -0.2) is 14.5 Å². The Morgan fingerprint density at radius 2 is 2.11 bits per heavy atom. The molecule has 0 aromatic carbocycles. The standard InChI is InChI=1S/C13H8ClN5/c1-8-2-10(5-15)16-6-11(8)12-3-9(14)4-13-17-7-18-19(12)13/h2-4,6-7H,1H3. The molecule has 0 unspecified atom stereocenters. The van der Waals surface area contributed by atoms with Crippen molar-refractivity contribution in [1.29, 1.82) is 5.26 Å². The van der Waals surface area contributed by atoms with Gasteiger partial charge >= 0.3 is 0 Å². The predicted molar refractivity (Wildman–Crippen MR) is 70.7 cm³/mol. The third kappa shape index (κ3) is 1.92. The van der Waals surface area contributed by atoms with Crippen LogP contribution in [-0.4, -0.2) is 19.6 Å². The van der Waals surface area contributed by atoms with Gasteiger partial charge in [-0.15, -0.1) is 0 Å². The Kier molecular flexibility index (Phi) is 2.65. The maximum atomic E-state index is 8.85. The van der Waals surface area contributed by atoms with Crippen LogP contribution in [0, 0.1) is 18.3 Å². The van der Waals surface area contributed by atoms with Gasteiger partial charge in [0.25, 0.3) is 0 Å². The second-order valence-corrected chi connectivity index (χ2v) is 4.52. The van der Waals surface area contributed by atoms with E-state index in [1.54, 1.807) is 28.9 Å². The summed E-state index contributed by atoms with van der Waals surface area (Å²) in [5.74, 6) is 0. The molecule has 0 saturated heterocycles. The molecule has 0 saturated carbocycles. The summed E-state index contributed by atoms with van der Waals surface area (Å²) in [6.07, 6.45) is 3.13. The Labute approximate surface area is 114 Å². The molecule has 0 amide bonds. The van der Waals surface area contributed by atoms with E-state index in [0.29, 0.717) is 16.4 Å². The number of nitrogens with zero attached hydrogens (tertiary/aromatic N) is 5. The lowest BCUT2D eigenvalue weighted by atomic mass is 10.1. The van der Waals surface area contributed by atoms with E-state index in [4.69, 9.17) is 16.9 Å². The highest BCUT2D eigenvalue weighted by atomic mass is 35.5. The lowest BCUT2D eigenvalue weighted by molar-refractivity contribution is 0.966. The van der Waals surface area contributed by atoms with E-state index in [-0.39, 0.29) is 0 Å². The summed E-state index contributed by atoms with van der Waals surface area (Å²) in [5, 5.41) is 13.6. The molecule has 0 aliphatic heterocycles. The van der Waals surface area contributed by atoms with Crippen LogP contribution in [0.15, 0.2) is 30.7 Å². The first kappa shape index (κ1) is 11.6. The molecule has 0 N–H and O–H groups in total. The zero-order valence-electron chi connectivity index (χ0n) is 10.0. The third-order valence-electron chi connectivity index (χ3n) is 2.85. The first-order valence-electron chi connectivity index (χ1n) is 5.55. The minimum absolute atomic E-state index is 0.387. The summed E-state index contributed by atoms with van der Waals surface area (Å²) in [7, 11) is 0. The number of pyridine rings is 2. The van der Waals surface area contributed by atoms with E-state index in [0.717, 1.165) is 16.8 Å². The monoisotopic (exact) mass is 269 g/mol. The van der Waals surface area contributed by atoms with Crippen LogP contribution in [0.5, 0.6) is 0 Å². The van der Waals surface area contributed by atoms with Gasteiger partial charge in [0.1, 0.15) is 18.1 Å². The summed E-state index contributed by atoms with van der Waals surface area (Å²) >= 11 is 6.09. The summed E-state index contributed by atoms with van der Waals surface area (Å²) in [5.41, 5.74) is 3.67. The zero-order valence-corrected chi connectivity index (χ0v) is 10.8. The van der Waals surface area contributed by atoms with Gasteiger partial charge in [-0.3, -0.25) is 0 Å². The SMILES string of the molecule is Cc1cc(C#N)ncc1-c1cc(Cl)cc2ncnn12. The van der Waals surface area contributed by atoms with Crippen LogP contribution in [0.4, 0.5) is 0 Å². The number of hydrogen-bond acceptors (Lipinski definition) is 4. The number of nitriles is 1. The topological polar surface area (TPSA) is 66.9 Å². The first-order chi connectivity index (χ1) is 9.19. The molecule has 0 aliphatic carbocycles. The van der Waals surface area contributed by atoms with Crippen molar-refractivity contribution in [3.8, 4) is 17.3 Å². The minimum atomic E-state index is 0.387. The number of halogens is 1. The van der Waals surface area contributed by atoms with Crippen molar-refractivity contribution in [1.82, 2.24) is 19.6 Å². The van der Waals surface area contributed by atoms with Crippen molar-refractivity contribution in [2.45, 2.75) is 6.92 Å². The van der Waals surface area contributed by atoms with Crippen molar-refractivity contribution in [3.05, 3.63) is 47.0 Å². The molecular formula is C13H8ClN5. The minimum Gasteiger partial charge on any atom is -0.245 e. The van der Waals surface area contributed by atoms with Crippen LogP contribution in [-0.2, 0) is 0 Å². The molecule has 6 heteroatoms. The second kappa shape index (κ2) is 4.34. The molecule has 0 spiro atoms. The maximum absolute atomic E-state index is 8.85. The fraction of sp³-hybridized carbons (Fsp3) is 0.0769. The van der Waals surface area contributed by atoms with Crippen LogP contribution >= 0.6 is 11.6 Å². The van der Waals surface area contributed by atoms with Crippen LogP contribution in [0.2, 0.25) is 5.02 Å². The van der Waals surface area contributed by atoms with Gasteiger partial charge in [-0.05, 0) is 24.6 Å². The van der Waals surface area contributed by atoms with Crippen molar-refractivity contribution in [3.63, 3.8) is 0 Å². The van der Waals surface area contributed by atoms with Gasteiger partial charge in [0.2, 0.25) is 0 Å². The summed E-state index contributed by atoms with van der Waals surface area (Å²) in [4.78, 5) is 8.21. The highest BCUT2D eigenvalue weighted by molar-refractivity contribution is 6.31. The van der Waals surface area contributed by atoms with E-state index in [9.17, 15) is 0 Å². The Balaban J connectivity index is 2.30. The van der Waals surface area contributed by atoms with Gasteiger partial charge in [0.05, 0.1) is 5.69 Å². The molecule has 3 rings (SSSR count). The van der Waals surface area contributed by atoms with Crippen molar-refractivity contribution in [2.75, 3.05) is 0 Å². The van der Waals surface area contributed by atoms with Crippen LogP contribution < -0.4 is 0 Å². The summed E-state index contributed by atoms with van der Waals surface area (Å²) in [6, 6.07) is 7.30. The quantitative estimate of drug-likeness (QED) is 0.681. The van der Waals surface area contributed by atoms with E-state index in [1.807, 2.05) is 13.0 Å². The fourth-order valence-corrected chi connectivity index (χ4v) is 2.17. The normalized spacial score (nSPS) is 10.6. The molecule has 3 aromatic heterocycles. The third-order valence-corrected chi connectivity index (χ3v) is 3.06. The van der Waals surface area contributed by atoms with Crippen LogP contribution in [0.25, 0.3) is 16.9 Å². The molecule has 92 valence electrons. The molecule has 3 heterocycles. The van der Waals surface area contributed by atoms with Gasteiger partial charge in [0, 0.05) is 22.8 Å². The summed E-state index contributed by atoms with van der Waals surface area (Å²) in [6.45, 7) is 1.92. The van der Waals surface area contributed by atoms with Gasteiger partial charge in [0.15, 0.2) is 5.65 Å². The molecule has 0 radical (unpaired) electrons. The number of hydrogen-bond donors (Lipinski definition) is 0. The van der Waals surface area contributed by atoms with Gasteiger partial charge in [-0.1, -0.05) is 11.6 Å². The zero-order chi connectivity index (χ0) is 13.4. The highest BCUT2D eigenvalue weighted by Gasteiger charge is 2.10. The van der Waals surface area contributed by atoms with E-state index >= 15 is 0 Å². The van der Waals surface area contributed by atoms with Gasteiger partial charge < -0.3 is 0 Å². The molecule has 0 aliphatic rings. The smallest absolute Gasteiger partial charge is 0.157 e. The van der Waals surface area contributed by atoms with E-state index < -0.39 is 0 Å². The second-order valence-electron chi connectivity index (χ2n) is 4.09. The van der Waals surface area contributed by atoms with Crippen molar-refractivity contribution >= 4 is 17.2 Å². The Morgan fingerprint density at radius 3 is 2.84 bits per heavy atom. The number of aromatic nitrogens is 4.